The van der Waals surface area contributed by atoms with Crippen LogP contribution in [0.4, 0.5) is 4.39 Å². The molecular formula is C24H19FN4O2. The predicted octanol–water partition coefficient (Wildman–Crippen LogP) is 4.06. The Morgan fingerprint density at radius 1 is 0.806 bits per heavy atom. The van der Waals surface area contributed by atoms with Crippen molar-refractivity contribution >= 4 is 11.8 Å². The van der Waals surface area contributed by atoms with Crippen LogP contribution in [0.25, 0.3) is 16.9 Å². The molecule has 7 heteroatoms. The highest BCUT2D eigenvalue weighted by Gasteiger charge is 2.21. The van der Waals surface area contributed by atoms with Gasteiger partial charge in [-0.2, -0.15) is 5.10 Å². The van der Waals surface area contributed by atoms with Gasteiger partial charge in [-0.25, -0.2) is 9.07 Å². The zero-order valence-corrected chi connectivity index (χ0v) is 16.7. The second kappa shape index (κ2) is 8.62. The molecule has 0 saturated heterocycles. The van der Waals surface area contributed by atoms with E-state index in [2.05, 4.69) is 16.0 Å². The zero-order chi connectivity index (χ0) is 21.8. The molecule has 0 spiro atoms. The number of amides is 2. The van der Waals surface area contributed by atoms with E-state index in [-0.39, 0.29) is 11.1 Å². The number of rotatable bonds is 4. The molecule has 0 saturated carbocycles. The monoisotopic (exact) mass is 414 g/mol. The molecule has 0 aliphatic carbocycles. The van der Waals surface area contributed by atoms with Gasteiger partial charge in [-0.3, -0.25) is 20.4 Å². The van der Waals surface area contributed by atoms with Gasteiger partial charge in [-0.05, 0) is 36.8 Å². The number of hydrogen-bond acceptors (Lipinski definition) is 3. The van der Waals surface area contributed by atoms with E-state index in [0.29, 0.717) is 5.69 Å². The van der Waals surface area contributed by atoms with Crippen LogP contribution in [-0.2, 0) is 0 Å². The fraction of sp³-hybridized carbons (Fsp3) is 0.0417. The lowest BCUT2D eigenvalue weighted by atomic mass is 10.0. The Labute approximate surface area is 178 Å². The van der Waals surface area contributed by atoms with Crippen molar-refractivity contribution in [2.45, 2.75) is 6.92 Å². The number of carbonyl (C=O) groups is 2. The van der Waals surface area contributed by atoms with E-state index in [1.807, 2.05) is 61.5 Å². The van der Waals surface area contributed by atoms with Gasteiger partial charge in [0.15, 0.2) is 0 Å². The Morgan fingerprint density at radius 3 is 2.13 bits per heavy atom. The largest absolute Gasteiger partial charge is 0.273 e. The fourth-order valence-electron chi connectivity index (χ4n) is 3.18. The first-order valence-corrected chi connectivity index (χ1v) is 9.61. The van der Waals surface area contributed by atoms with Crippen molar-refractivity contribution in [3.63, 3.8) is 0 Å². The van der Waals surface area contributed by atoms with Crippen LogP contribution in [0, 0.1) is 12.7 Å². The highest BCUT2D eigenvalue weighted by Crippen LogP contribution is 2.26. The molecule has 31 heavy (non-hydrogen) atoms. The molecule has 0 atom stereocenters. The maximum absolute atomic E-state index is 13.8. The van der Waals surface area contributed by atoms with Crippen LogP contribution < -0.4 is 10.9 Å². The summed E-state index contributed by atoms with van der Waals surface area (Å²) in [5, 5.41) is 4.62. The Kier molecular flexibility index (Phi) is 5.57. The van der Waals surface area contributed by atoms with Crippen molar-refractivity contribution in [2.24, 2.45) is 0 Å². The van der Waals surface area contributed by atoms with Gasteiger partial charge < -0.3 is 0 Å². The minimum Gasteiger partial charge on any atom is -0.267 e. The number of hydrogen-bond donors (Lipinski definition) is 2. The second-order valence-electron chi connectivity index (χ2n) is 6.87. The highest BCUT2D eigenvalue weighted by atomic mass is 19.1. The number of aromatic nitrogens is 2. The molecule has 4 aromatic rings. The molecule has 0 aliphatic rings. The lowest BCUT2D eigenvalue weighted by Crippen LogP contribution is -2.42. The third-order valence-corrected chi connectivity index (χ3v) is 4.79. The van der Waals surface area contributed by atoms with Crippen LogP contribution in [0.5, 0.6) is 0 Å². The van der Waals surface area contributed by atoms with E-state index >= 15 is 0 Å². The Balaban J connectivity index is 1.65. The van der Waals surface area contributed by atoms with E-state index in [4.69, 9.17) is 0 Å². The lowest BCUT2D eigenvalue weighted by Gasteiger charge is -2.09. The average Bonchev–Trinajstić information content (AvgIpc) is 3.24. The summed E-state index contributed by atoms with van der Waals surface area (Å²) in [6.07, 6.45) is 1.60. The van der Waals surface area contributed by atoms with E-state index in [0.717, 1.165) is 16.8 Å². The molecule has 1 heterocycles. The first kappa shape index (κ1) is 20.0. The number of nitrogens with one attached hydrogen (secondary N) is 2. The molecule has 6 nitrogen and oxygen atoms in total. The minimum absolute atomic E-state index is 0.165. The van der Waals surface area contributed by atoms with E-state index in [1.54, 1.807) is 16.9 Å². The van der Waals surface area contributed by atoms with Gasteiger partial charge in [0.25, 0.3) is 11.8 Å². The summed E-state index contributed by atoms with van der Waals surface area (Å²) in [5.74, 6) is -1.99. The molecular weight excluding hydrogens is 395 g/mol. The number of halogens is 1. The summed E-state index contributed by atoms with van der Waals surface area (Å²) >= 11 is 0. The van der Waals surface area contributed by atoms with E-state index < -0.39 is 17.6 Å². The maximum Gasteiger partial charge on any atom is 0.273 e. The van der Waals surface area contributed by atoms with Gasteiger partial charge in [-0.15, -0.1) is 0 Å². The predicted molar refractivity (Wildman–Crippen MR) is 115 cm³/mol. The van der Waals surface area contributed by atoms with Crippen LogP contribution in [0.3, 0.4) is 0 Å². The molecule has 0 bridgehead atoms. The minimum atomic E-state index is -0.751. The Hall–Kier alpha value is -4.26. The van der Waals surface area contributed by atoms with Gasteiger partial charge >= 0.3 is 0 Å². The summed E-state index contributed by atoms with van der Waals surface area (Å²) in [6.45, 7) is 1.93. The quantitative estimate of drug-likeness (QED) is 0.495. The molecule has 4 rings (SSSR count). The van der Waals surface area contributed by atoms with Crippen LogP contribution in [0.15, 0.2) is 85.1 Å². The lowest BCUT2D eigenvalue weighted by molar-refractivity contribution is 0.0844. The summed E-state index contributed by atoms with van der Waals surface area (Å²) in [6, 6.07) is 22.5. The first-order chi connectivity index (χ1) is 15.0. The smallest absolute Gasteiger partial charge is 0.267 e. The molecule has 1 aromatic heterocycles. The zero-order valence-electron chi connectivity index (χ0n) is 16.7. The molecule has 0 aliphatic heterocycles. The van der Waals surface area contributed by atoms with Gasteiger partial charge in [0, 0.05) is 11.8 Å². The summed E-state index contributed by atoms with van der Waals surface area (Å²) in [7, 11) is 0. The van der Waals surface area contributed by atoms with Crippen molar-refractivity contribution in [3.8, 4) is 16.9 Å². The molecule has 3 aromatic carbocycles. The highest BCUT2D eigenvalue weighted by molar-refractivity contribution is 6.02. The van der Waals surface area contributed by atoms with Crippen molar-refractivity contribution < 1.29 is 14.0 Å². The third kappa shape index (κ3) is 4.20. The molecule has 0 radical (unpaired) electrons. The van der Waals surface area contributed by atoms with Crippen molar-refractivity contribution in [1.29, 1.82) is 0 Å². The summed E-state index contributed by atoms with van der Waals surface area (Å²) in [4.78, 5) is 25.2. The van der Waals surface area contributed by atoms with Crippen LogP contribution >= 0.6 is 0 Å². The van der Waals surface area contributed by atoms with Crippen LogP contribution in [-0.4, -0.2) is 21.6 Å². The van der Waals surface area contributed by atoms with Crippen molar-refractivity contribution in [1.82, 2.24) is 20.6 Å². The number of aryl methyl sites for hydroxylation is 1. The van der Waals surface area contributed by atoms with Crippen LogP contribution in [0.1, 0.15) is 26.3 Å². The third-order valence-electron chi connectivity index (χ3n) is 4.79. The number of nitrogens with zero attached hydrogens (tertiary/aromatic N) is 2. The first-order valence-electron chi connectivity index (χ1n) is 9.61. The van der Waals surface area contributed by atoms with Gasteiger partial charge in [0.05, 0.1) is 16.8 Å². The number of carbonyl (C=O) groups excluding carboxylic acids is 2. The standard InChI is InChI=1S/C24H19FN4O2/c1-16-9-5-6-12-18(16)22-20(15-29(28-22)17-10-3-2-4-11-17)24(31)27-26-23(30)19-13-7-8-14-21(19)25/h2-15H,1H3,(H,26,30)(H,27,31). The molecule has 0 unspecified atom stereocenters. The normalized spacial score (nSPS) is 10.5. The molecule has 154 valence electrons. The van der Waals surface area contributed by atoms with Gasteiger partial charge in [0.2, 0.25) is 0 Å². The average molecular weight is 414 g/mol. The van der Waals surface area contributed by atoms with Gasteiger partial charge in [0.1, 0.15) is 11.5 Å². The van der Waals surface area contributed by atoms with Crippen LogP contribution in [0.2, 0.25) is 0 Å². The van der Waals surface area contributed by atoms with Crippen molar-refractivity contribution in [3.05, 3.63) is 108 Å². The molecule has 2 amide bonds. The van der Waals surface area contributed by atoms with Gasteiger partial charge in [-0.1, -0.05) is 54.6 Å². The number of hydrazine groups is 1. The Bertz CT molecular complexity index is 1250. The molecule has 0 fully saturated rings. The maximum atomic E-state index is 13.8. The Morgan fingerprint density at radius 2 is 1.42 bits per heavy atom. The summed E-state index contributed by atoms with van der Waals surface area (Å²) in [5.41, 5.74) is 7.73. The SMILES string of the molecule is Cc1ccccc1-c1nn(-c2ccccc2)cc1C(=O)NNC(=O)c1ccccc1F. The number of para-hydroxylation sites is 1. The van der Waals surface area contributed by atoms with E-state index in [9.17, 15) is 14.0 Å². The molecule has 2 N–H and O–H groups in total. The summed E-state index contributed by atoms with van der Waals surface area (Å²) < 4.78 is 15.4. The van der Waals surface area contributed by atoms with E-state index in [1.165, 1.54) is 18.2 Å². The second-order valence-corrected chi connectivity index (χ2v) is 6.87. The number of benzene rings is 3. The fourth-order valence-corrected chi connectivity index (χ4v) is 3.18. The van der Waals surface area contributed by atoms with Crippen molar-refractivity contribution in [2.75, 3.05) is 0 Å². The topological polar surface area (TPSA) is 76.0 Å².